The summed E-state index contributed by atoms with van der Waals surface area (Å²) < 4.78 is 16.8. The highest BCUT2D eigenvalue weighted by molar-refractivity contribution is 5.71. The maximum absolute atomic E-state index is 12.8. The molecule has 0 aromatic heterocycles. The number of hydrogen-bond donors (Lipinski definition) is 0. The van der Waals surface area contributed by atoms with Gasteiger partial charge in [0.2, 0.25) is 0 Å². The van der Waals surface area contributed by atoms with Crippen LogP contribution in [0.3, 0.4) is 0 Å². The summed E-state index contributed by atoms with van der Waals surface area (Å²) >= 11 is 0. The quantitative estimate of drug-likeness (QED) is 0.0199. The molecule has 0 fully saturated rings. The molecule has 0 bridgehead atoms. The van der Waals surface area contributed by atoms with Gasteiger partial charge < -0.3 is 14.2 Å². The minimum absolute atomic E-state index is 0.115. The number of hydrogen-bond acceptors (Lipinski definition) is 6. The number of esters is 3. The molecule has 1 atom stereocenters. The van der Waals surface area contributed by atoms with Crippen LogP contribution >= 0.6 is 0 Å². The van der Waals surface area contributed by atoms with Crippen LogP contribution in [0.1, 0.15) is 245 Å². The lowest BCUT2D eigenvalue weighted by atomic mass is 10.0. The zero-order valence-electron chi connectivity index (χ0n) is 44.1. The Kier molecular flexibility index (Phi) is 52.4. The van der Waals surface area contributed by atoms with Gasteiger partial charge in [0.25, 0.3) is 0 Å². The molecule has 0 heterocycles. The van der Waals surface area contributed by atoms with E-state index < -0.39 is 12.1 Å². The first-order valence-electron chi connectivity index (χ1n) is 27.9. The lowest BCUT2D eigenvalue weighted by molar-refractivity contribution is -0.166. The molecule has 0 saturated heterocycles. The molecule has 0 aliphatic heterocycles. The van der Waals surface area contributed by atoms with Crippen molar-refractivity contribution in [3.8, 4) is 0 Å². The molecule has 0 aliphatic carbocycles. The van der Waals surface area contributed by atoms with E-state index in [0.717, 1.165) is 96.3 Å². The molecule has 6 nitrogen and oxygen atoms in total. The van der Waals surface area contributed by atoms with Gasteiger partial charge in [-0.3, -0.25) is 14.4 Å². The van der Waals surface area contributed by atoms with Gasteiger partial charge in [0.1, 0.15) is 13.2 Å². The van der Waals surface area contributed by atoms with Gasteiger partial charge in [0.15, 0.2) is 6.10 Å². The van der Waals surface area contributed by atoms with Crippen LogP contribution in [0, 0.1) is 0 Å². The summed E-state index contributed by atoms with van der Waals surface area (Å²) in [6.45, 7) is 6.41. The van der Waals surface area contributed by atoms with Gasteiger partial charge in [-0.1, -0.05) is 259 Å². The van der Waals surface area contributed by atoms with E-state index in [1.54, 1.807) is 0 Å². The second-order valence-electron chi connectivity index (χ2n) is 18.2. The molecule has 0 radical (unpaired) electrons. The lowest BCUT2D eigenvalue weighted by Gasteiger charge is -2.18. The van der Waals surface area contributed by atoms with Gasteiger partial charge in [0, 0.05) is 19.3 Å². The van der Waals surface area contributed by atoms with Crippen LogP contribution < -0.4 is 0 Å². The fourth-order valence-corrected chi connectivity index (χ4v) is 7.44. The zero-order valence-corrected chi connectivity index (χ0v) is 44.1. The first-order valence-corrected chi connectivity index (χ1v) is 27.9. The van der Waals surface area contributed by atoms with Crippen molar-refractivity contribution in [3.05, 3.63) is 109 Å². The van der Waals surface area contributed by atoms with E-state index in [-0.39, 0.29) is 31.6 Å². The Balaban J connectivity index is 4.54. The smallest absolute Gasteiger partial charge is 0.306 e. The second-order valence-corrected chi connectivity index (χ2v) is 18.2. The Morgan fingerprint density at radius 1 is 0.324 bits per heavy atom. The Hall–Kier alpha value is -3.93. The molecule has 0 aromatic carbocycles. The number of carbonyl (C=O) groups excluding carboxylic acids is 3. The molecule has 386 valence electrons. The SMILES string of the molecule is CC/C=C\C/C=C\C/C=C\C/C=C\C/C=C\CCC(=O)OC(COC(=O)CCCCCCC\C=C/C=C\C=C/C=C\CCCCC)COC(=O)CCCCCCCCCCCCCCCCCC. The lowest BCUT2D eigenvalue weighted by Crippen LogP contribution is -2.30. The highest BCUT2D eigenvalue weighted by Crippen LogP contribution is 2.15. The van der Waals surface area contributed by atoms with Crippen molar-refractivity contribution < 1.29 is 28.6 Å². The number of allylic oxidation sites excluding steroid dienone is 18. The van der Waals surface area contributed by atoms with Gasteiger partial charge >= 0.3 is 17.9 Å². The van der Waals surface area contributed by atoms with E-state index in [0.29, 0.717) is 19.3 Å². The van der Waals surface area contributed by atoms with Crippen molar-refractivity contribution in [1.29, 1.82) is 0 Å². The van der Waals surface area contributed by atoms with E-state index in [9.17, 15) is 14.4 Å². The molecule has 0 amide bonds. The monoisotopic (exact) mass is 943 g/mol. The largest absolute Gasteiger partial charge is 0.462 e. The van der Waals surface area contributed by atoms with Crippen molar-refractivity contribution in [3.63, 3.8) is 0 Å². The topological polar surface area (TPSA) is 78.9 Å². The molecule has 0 aromatic rings. The zero-order chi connectivity index (χ0) is 49.3. The average Bonchev–Trinajstić information content (AvgIpc) is 3.34. The standard InChI is InChI=1S/C62H102O6/c1-4-7-10-13-16-19-22-25-28-31-32-35-37-40-43-46-49-52-55-61(64)67-58-59(68-62(65)56-53-50-47-44-41-38-34-30-27-24-21-18-15-12-9-6-3)57-66-60(63)54-51-48-45-42-39-36-33-29-26-23-20-17-14-11-8-5-2/h9,12,16,18-19,21-22,25,27-28,30-32,35,38,41,47,50,59H,4-8,10-11,13-15,17,20,23-24,26,29,33-34,36-37,39-40,42-46,48-49,51-58H2,1-3H3/b12-9-,19-16-,21-18-,25-22-,30-27-,31-28-,35-32-,41-38-,50-47-. The highest BCUT2D eigenvalue weighted by Gasteiger charge is 2.19. The number of rotatable bonds is 49. The predicted molar refractivity (Wildman–Crippen MR) is 293 cm³/mol. The molecule has 0 saturated carbocycles. The maximum atomic E-state index is 12.8. The van der Waals surface area contributed by atoms with E-state index in [1.807, 2.05) is 12.2 Å². The van der Waals surface area contributed by atoms with Gasteiger partial charge in [-0.15, -0.1) is 0 Å². The summed E-state index contributed by atoms with van der Waals surface area (Å²) in [6.07, 6.45) is 75.1. The summed E-state index contributed by atoms with van der Waals surface area (Å²) in [5, 5.41) is 0. The summed E-state index contributed by atoms with van der Waals surface area (Å²) in [5.41, 5.74) is 0. The van der Waals surface area contributed by atoms with Gasteiger partial charge in [-0.2, -0.15) is 0 Å². The fourth-order valence-electron chi connectivity index (χ4n) is 7.44. The molecule has 0 spiro atoms. The van der Waals surface area contributed by atoms with E-state index >= 15 is 0 Å². The van der Waals surface area contributed by atoms with Crippen molar-refractivity contribution in [1.82, 2.24) is 0 Å². The van der Waals surface area contributed by atoms with Gasteiger partial charge in [-0.05, 0) is 77.0 Å². The first kappa shape index (κ1) is 64.1. The Labute approximate surface area is 419 Å². The molecule has 1 unspecified atom stereocenters. The minimum Gasteiger partial charge on any atom is -0.462 e. The predicted octanol–water partition coefficient (Wildman–Crippen LogP) is 18.7. The second kappa shape index (κ2) is 55.7. The molecule has 0 aliphatic rings. The summed E-state index contributed by atoms with van der Waals surface area (Å²) in [4.78, 5) is 38.1. The third-order valence-electron chi connectivity index (χ3n) is 11.6. The molecule has 6 heteroatoms. The van der Waals surface area contributed by atoms with Gasteiger partial charge in [-0.25, -0.2) is 0 Å². The van der Waals surface area contributed by atoms with E-state index in [1.165, 1.54) is 103 Å². The maximum Gasteiger partial charge on any atom is 0.306 e. The van der Waals surface area contributed by atoms with E-state index in [2.05, 4.69) is 118 Å². The van der Waals surface area contributed by atoms with Crippen LogP contribution in [0.25, 0.3) is 0 Å². The van der Waals surface area contributed by atoms with Crippen molar-refractivity contribution in [2.75, 3.05) is 13.2 Å². The van der Waals surface area contributed by atoms with Crippen LogP contribution in [0.2, 0.25) is 0 Å². The number of unbranched alkanes of at least 4 members (excludes halogenated alkanes) is 23. The van der Waals surface area contributed by atoms with Crippen LogP contribution in [0.4, 0.5) is 0 Å². The van der Waals surface area contributed by atoms with Crippen LogP contribution in [-0.4, -0.2) is 37.2 Å². The average molecular weight is 943 g/mol. The molecule has 68 heavy (non-hydrogen) atoms. The summed E-state index contributed by atoms with van der Waals surface area (Å²) in [7, 11) is 0. The Morgan fingerprint density at radius 2 is 0.662 bits per heavy atom. The highest BCUT2D eigenvalue weighted by atomic mass is 16.6. The van der Waals surface area contributed by atoms with Crippen molar-refractivity contribution in [2.24, 2.45) is 0 Å². The first-order chi connectivity index (χ1) is 33.5. The Bertz CT molecular complexity index is 1410. The molecular formula is C62H102O6. The van der Waals surface area contributed by atoms with Crippen molar-refractivity contribution >= 4 is 17.9 Å². The third kappa shape index (κ3) is 53.0. The Morgan fingerprint density at radius 3 is 1.09 bits per heavy atom. The van der Waals surface area contributed by atoms with Crippen LogP contribution in [0.5, 0.6) is 0 Å². The number of ether oxygens (including phenoxy) is 3. The van der Waals surface area contributed by atoms with Gasteiger partial charge in [0.05, 0.1) is 0 Å². The van der Waals surface area contributed by atoms with E-state index in [4.69, 9.17) is 14.2 Å². The summed E-state index contributed by atoms with van der Waals surface area (Å²) in [6, 6.07) is 0. The van der Waals surface area contributed by atoms with Crippen molar-refractivity contribution in [2.45, 2.75) is 252 Å². The number of carbonyl (C=O) groups is 3. The van der Waals surface area contributed by atoms with Crippen LogP contribution in [0.15, 0.2) is 109 Å². The molecular weight excluding hydrogens is 841 g/mol. The normalized spacial score (nSPS) is 12.9. The van der Waals surface area contributed by atoms with Crippen LogP contribution in [-0.2, 0) is 28.6 Å². The third-order valence-corrected chi connectivity index (χ3v) is 11.6. The molecule has 0 rings (SSSR count). The fraction of sp³-hybridized carbons (Fsp3) is 0.661. The minimum atomic E-state index is -0.828. The summed E-state index contributed by atoms with van der Waals surface area (Å²) in [5.74, 6) is -1.02. The molecule has 0 N–H and O–H groups in total.